The third kappa shape index (κ3) is 3.47. The summed E-state index contributed by atoms with van der Waals surface area (Å²) in [4.78, 5) is 26.1. The first-order chi connectivity index (χ1) is 11.9. The molecule has 134 valence electrons. The summed E-state index contributed by atoms with van der Waals surface area (Å²) in [6.07, 6.45) is 1.95. The Hall–Kier alpha value is -2.14. The van der Waals surface area contributed by atoms with E-state index >= 15 is 0 Å². The van der Waals surface area contributed by atoms with Crippen molar-refractivity contribution in [1.82, 2.24) is 10.2 Å². The van der Waals surface area contributed by atoms with Gasteiger partial charge in [0.25, 0.3) is 0 Å². The number of nitrogens with one attached hydrogen (secondary N) is 1. The normalized spacial score (nSPS) is 22.3. The van der Waals surface area contributed by atoms with Gasteiger partial charge in [0.1, 0.15) is 6.04 Å². The number of carbonyl (C=O) groups is 2. The molecule has 1 aromatic rings. The monoisotopic (exact) mass is 341 g/mol. The van der Waals surface area contributed by atoms with E-state index in [1.165, 1.54) is 16.7 Å². The number of rotatable bonds is 4. The lowest BCUT2D eigenvalue weighted by atomic mass is 9.96. The van der Waals surface area contributed by atoms with Gasteiger partial charge >= 0.3 is 0 Å². The fourth-order valence-corrected chi connectivity index (χ4v) is 3.98. The zero-order valence-electron chi connectivity index (χ0n) is 15.3. The van der Waals surface area contributed by atoms with Gasteiger partial charge in [-0.05, 0) is 42.4 Å². The van der Waals surface area contributed by atoms with Crippen molar-refractivity contribution in [1.29, 1.82) is 0 Å². The number of hydrogen-bond acceptors (Lipinski definition) is 4. The average Bonchev–Trinajstić information content (AvgIpc) is 2.92. The highest BCUT2D eigenvalue weighted by molar-refractivity contribution is 6.01. The van der Waals surface area contributed by atoms with Gasteiger partial charge in [0, 0.05) is 30.8 Å². The van der Waals surface area contributed by atoms with Crippen molar-refractivity contribution in [3.05, 3.63) is 40.5 Å². The second-order valence-electron chi connectivity index (χ2n) is 7.52. The number of carbonyl (C=O) groups excluding carboxylic acids is 2. The van der Waals surface area contributed by atoms with Crippen LogP contribution in [0, 0.1) is 5.92 Å². The van der Waals surface area contributed by atoms with Crippen LogP contribution in [-0.4, -0.2) is 22.8 Å². The molecular weight excluding hydrogens is 314 g/mol. The number of allylic oxidation sites excluding steroid dienone is 1. The second-order valence-corrected chi connectivity index (χ2v) is 7.52. The van der Waals surface area contributed by atoms with Crippen LogP contribution in [0.15, 0.2) is 23.8 Å². The summed E-state index contributed by atoms with van der Waals surface area (Å²) >= 11 is 0. The third-order valence-corrected chi connectivity index (χ3v) is 4.99. The standard InChI is InChI=1S/C20H27N3O2/c1-12(2)8-13(3)19-16-5-4-14(10-21)9-15(16)11-23(19)17-6-7-18(24)22-20(17)25/h4-5,9,12,17H,6-8,10-11,21H2,1-3H3,(H,22,24,25). The van der Waals surface area contributed by atoms with E-state index < -0.39 is 0 Å². The van der Waals surface area contributed by atoms with E-state index in [1.54, 1.807) is 0 Å². The van der Waals surface area contributed by atoms with Crippen LogP contribution in [0.25, 0.3) is 5.70 Å². The van der Waals surface area contributed by atoms with E-state index in [2.05, 4.69) is 49.2 Å². The molecule has 1 saturated heterocycles. The zero-order chi connectivity index (χ0) is 18.1. The van der Waals surface area contributed by atoms with E-state index in [1.807, 2.05) is 0 Å². The van der Waals surface area contributed by atoms with Crippen LogP contribution in [-0.2, 0) is 22.7 Å². The van der Waals surface area contributed by atoms with Crippen molar-refractivity contribution in [2.45, 2.75) is 59.2 Å². The predicted molar refractivity (Wildman–Crippen MR) is 98.1 cm³/mol. The van der Waals surface area contributed by atoms with Crippen molar-refractivity contribution in [2.24, 2.45) is 11.7 Å². The second kappa shape index (κ2) is 7.00. The van der Waals surface area contributed by atoms with Crippen molar-refractivity contribution in [2.75, 3.05) is 0 Å². The maximum atomic E-state index is 12.4. The van der Waals surface area contributed by atoms with Gasteiger partial charge in [0.05, 0.1) is 0 Å². The number of fused-ring (bicyclic) bond motifs is 1. The van der Waals surface area contributed by atoms with Crippen LogP contribution in [0.3, 0.4) is 0 Å². The number of benzene rings is 1. The molecule has 0 aromatic heterocycles. The topological polar surface area (TPSA) is 75.4 Å². The van der Waals surface area contributed by atoms with E-state index in [4.69, 9.17) is 5.73 Å². The largest absolute Gasteiger partial charge is 0.355 e. The molecule has 1 fully saturated rings. The van der Waals surface area contributed by atoms with Gasteiger partial charge in [0.2, 0.25) is 11.8 Å². The molecule has 1 unspecified atom stereocenters. The van der Waals surface area contributed by atoms with Gasteiger partial charge < -0.3 is 10.6 Å². The number of hydrogen-bond donors (Lipinski definition) is 2. The molecule has 2 aliphatic heterocycles. The van der Waals surface area contributed by atoms with E-state index in [0.29, 0.717) is 31.8 Å². The summed E-state index contributed by atoms with van der Waals surface area (Å²) in [7, 11) is 0. The van der Waals surface area contributed by atoms with Crippen molar-refractivity contribution in [3.8, 4) is 0 Å². The summed E-state index contributed by atoms with van der Waals surface area (Å²) in [5.41, 5.74) is 11.7. The zero-order valence-corrected chi connectivity index (χ0v) is 15.3. The molecule has 2 aliphatic rings. The van der Waals surface area contributed by atoms with E-state index in [9.17, 15) is 9.59 Å². The van der Waals surface area contributed by atoms with Gasteiger partial charge in [-0.15, -0.1) is 0 Å². The summed E-state index contributed by atoms with van der Waals surface area (Å²) < 4.78 is 0. The number of amides is 2. The minimum atomic E-state index is -0.288. The lowest BCUT2D eigenvalue weighted by molar-refractivity contribution is -0.136. The van der Waals surface area contributed by atoms with Crippen molar-refractivity contribution >= 4 is 17.5 Å². The number of nitrogens with zero attached hydrogens (tertiary/aromatic N) is 1. The minimum Gasteiger partial charge on any atom is -0.355 e. The molecule has 2 amide bonds. The Kier molecular flexibility index (Phi) is 4.95. The van der Waals surface area contributed by atoms with Gasteiger partial charge in [-0.1, -0.05) is 32.0 Å². The van der Waals surface area contributed by atoms with Crippen molar-refractivity contribution in [3.63, 3.8) is 0 Å². The van der Waals surface area contributed by atoms with E-state index in [0.717, 1.165) is 17.7 Å². The molecule has 2 heterocycles. The quantitative estimate of drug-likeness (QED) is 0.825. The summed E-state index contributed by atoms with van der Waals surface area (Å²) in [5, 5.41) is 2.49. The minimum absolute atomic E-state index is 0.173. The third-order valence-electron chi connectivity index (χ3n) is 4.99. The molecule has 1 aromatic carbocycles. The Morgan fingerprint density at radius 2 is 2.12 bits per heavy atom. The fourth-order valence-electron chi connectivity index (χ4n) is 3.98. The molecule has 0 spiro atoms. The number of imide groups is 1. The Labute approximate surface area is 149 Å². The molecule has 0 aliphatic carbocycles. The van der Waals surface area contributed by atoms with Gasteiger partial charge in [0.15, 0.2) is 0 Å². The maximum Gasteiger partial charge on any atom is 0.249 e. The molecule has 5 heteroatoms. The average molecular weight is 341 g/mol. The summed E-state index contributed by atoms with van der Waals surface area (Å²) in [6.45, 7) is 7.76. The van der Waals surface area contributed by atoms with Crippen LogP contribution in [0.4, 0.5) is 0 Å². The summed E-state index contributed by atoms with van der Waals surface area (Å²) in [6, 6.07) is 6.05. The Morgan fingerprint density at radius 3 is 2.76 bits per heavy atom. The molecule has 3 rings (SSSR count). The first kappa shape index (κ1) is 17.7. The Balaban J connectivity index is 2.02. The van der Waals surface area contributed by atoms with Crippen LogP contribution in [0.2, 0.25) is 0 Å². The first-order valence-electron chi connectivity index (χ1n) is 9.03. The number of nitrogens with two attached hydrogens (primary N) is 1. The molecule has 5 nitrogen and oxygen atoms in total. The fraction of sp³-hybridized carbons (Fsp3) is 0.500. The Bertz CT molecular complexity index is 736. The summed E-state index contributed by atoms with van der Waals surface area (Å²) in [5.74, 6) is 0.189. The van der Waals surface area contributed by atoms with E-state index in [-0.39, 0.29) is 17.9 Å². The molecule has 0 bridgehead atoms. The van der Waals surface area contributed by atoms with Gasteiger partial charge in [-0.3, -0.25) is 14.9 Å². The number of piperidine rings is 1. The van der Waals surface area contributed by atoms with Crippen LogP contribution in [0.1, 0.15) is 56.7 Å². The van der Waals surface area contributed by atoms with Gasteiger partial charge in [-0.2, -0.15) is 0 Å². The van der Waals surface area contributed by atoms with Crippen LogP contribution >= 0.6 is 0 Å². The first-order valence-corrected chi connectivity index (χ1v) is 9.03. The SMILES string of the molecule is CC(CC(C)C)=C1c2ccc(CN)cc2CN1C1CCC(=O)NC1=O. The van der Waals surface area contributed by atoms with Crippen LogP contribution in [0.5, 0.6) is 0 Å². The Morgan fingerprint density at radius 1 is 1.36 bits per heavy atom. The van der Waals surface area contributed by atoms with Gasteiger partial charge in [-0.25, -0.2) is 0 Å². The highest BCUT2D eigenvalue weighted by atomic mass is 16.2. The molecule has 25 heavy (non-hydrogen) atoms. The lowest BCUT2D eigenvalue weighted by Gasteiger charge is -2.33. The maximum absolute atomic E-state index is 12.4. The van der Waals surface area contributed by atoms with Crippen molar-refractivity contribution < 1.29 is 9.59 Å². The molecule has 1 atom stereocenters. The predicted octanol–water partition coefficient (Wildman–Crippen LogP) is 2.54. The lowest BCUT2D eigenvalue weighted by Crippen LogP contribution is -2.50. The molecular formula is C20H27N3O2. The molecule has 0 saturated carbocycles. The highest BCUT2D eigenvalue weighted by Gasteiger charge is 2.37. The van der Waals surface area contributed by atoms with Crippen LogP contribution < -0.4 is 11.1 Å². The smallest absolute Gasteiger partial charge is 0.249 e. The molecule has 3 N–H and O–H groups in total. The molecule has 0 radical (unpaired) electrons. The highest BCUT2D eigenvalue weighted by Crippen LogP contribution is 2.39.